The average molecular weight is 397 g/mol. The molecule has 1 aromatic carbocycles. The van der Waals surface area contributed by atoms with Crippen LogP contribution in [0.1, 0.15) is 72.0 Å². The lowest BCUT2D eigenvalue weighted by Gasteiger charge is -2.35. The molecular formula is C23H29FN4O. The van der Waals surface area contributed by atoms with Crippen LogP contribution in [0.2, 0.25) is 0 Å². The molecule has 2 fully saturated rings. The molecule has 3 heterocycles. The topological polar surface area (TPSA) is 49.3 Å². The highest BCUT2D eigenvalue weighted by Crippen LogP contribution is 2.30. The zero-order valence-electron chi connectivity index (χ0n) is 17.1. The van der Waals surface area contributed by atoms with Crippen LogP contribution >= 0.6 is 0 Å². The Labute approximate surface area is 172 Å². The number of amides is 1. The van der Waals surface area contributed by atoms with Gasteiger partial charge in [0.2, 0.25) is 0 Å². The van der Waals surface area contributed by atoms with Gasteiger partial charge in [-0.05, 0) is 63.3 Å². The summed E-state index contributed by atoms with van der Waals surface area (Å²) in [6.45, 7) is 5.29. The number of carbonyl (C=O) groups is 1. The zero-order valence-corrected chi connectivity index (χ0v) is 17.1. The number of nitrogens with zero attached hydrogens (tertiary/aromatic N) is 4. The second-order valence-electron chi connectivity index (χ2n) is 8.19. The fourth-order valence-electron chi connectivity index (χ4n) is 4.42. The van der Waals surface area contributed by atoms with Gasteiger partial charge in [-0.3, -0.25) is 9.69 Å². The van der Waals surface area contributed by atoms with Crippen molar-refractivity contribution in [3.8, 4) is 0 Å². The number of aryl methyl sites for hydroxylation is 1. The van der Waals surface area contributed by atoms with Gasteiger partial charge in [0, 0.05) is 25.8 Å². The van der Waals surface area contributed by atoms with E-state index in [2.05, 4.69) is 9.88 Å². The molecule has 0 unspecified atom stereocenters. The number of aromatic nitrogens is 2. The van der Waals surface area contributed by atoms with Crippen molar-refractivity contribution < 1.29 is 9.18 Å². The van der Waals surface area contributed by atoms with E-state index in [1.54, 1.807) is 6.20 Å². The van der Waals surface area contributed by atoms with E-state index >= 15 is 0 Å². The largest absolute Gasteiger partial charge is 0.339 e. The molecule has 1 amide bonds. The predicted molar refractivity (Wildman–Crippen MR) is 110 cm³/mol. The molecule has 0 saturated carbocycles. The van der Waals surface area contributed by atoms with E-state index in [4.69, 9.17) is 4.98 Å². The van der Waals surface area contributed by atoms with Crippen molar-refractivity contribution in [1.29, 1.82) is 0 Å². The fourth-order valence-corrected chi connectivity index (χ4v) is 4.42. The molecule has 6 heteroatoms. The van der Waals surface area contributed by atoms with E-state index in [1.807, 2.05) is 24.0 Å². The van der Waals surface area contributed by atoms with Gasteiger partial charge in [-0.25, -0.2) is 14.4 Å². The van der Waals surface area contributed by atoms with E-state index in [0.29, 0.717) is 5.56 Å². The van der Waals surface area contributed by atoms with Crippen molar-refractivity contribution in [2.75, 3.05) is 19.6 Å². The second-order valence-corrected chi connectivity index (χ2v) is 8.19. The predicted octanol–water partition coefficient (Wildman–Crippen LogP) is 4.28. The zero-order chi connectivity index (χ0) is 20.2. The molecule has 29 heavy (non-hydrogen) atoms. The molecule has 0 N–H and O–H groups in total. The summed E-state index contributed by atoms with van der Waals surface area (Å²) < 4.78 is 13.2. The molecule has 2 aliphatic heterocycles. The van der Waals surface area contributed by atoms with E-state index in [1.165, 1.54) is 18.6 Å². The van der Waals surface area contributed by atoms with Crippen molar-refractivity contribution in [2.45, 2.75) is 58.0 Å². The Kier molecular flexibility index (Phi) is 6.19. The summed E-state index contributed by atoms with van der Waals surface area (Å²) in [6.07, 6.45) is 8.35. The Morgan fingerprint density at radius 2 is 1.79 bits per heavy atom. The summed E-state index contributed by atoms with van der Waals surface area (Å²) in [4.78, 5) is 26.5. The number of benzene rings is 1. The number of carbonyl (C=O) groups excluding carboxylic acids is 1. The van der Waals surface area contributed by atoms with Gasteiger partial charge < -0.3 is 4.90 Å². The summed E-state index contributed by atoms with van der Waals surface area (Å²) in [6, 6.07) is 6.83. The molecule has 1 atom stereocenters. The van der Waals surface area contributed by atoms with Crippen LogP contribution in [0.4, 0.5) is 4.39 Å². The van der Waals surface area contributed by atoms with Crippen LogP contribution in [0.5, 0.6) is 0 Å². The molecular weight excluding hydrogens is 367 g/mol. The third kappa shape index (κ3) is 4.64. The summed E-state index contributed by atoms with van der Waals surface area (Å²) in [5, 5.41) is 0. The van der Waals surface area contributed by atoms with Crippen LogP contribution in [0.3, 0.4) is 0 Å². The van der Waals surface area contributed by atoms with Gasteiger partial charge in [0.25, 0.3) is 5.91 Å². The third-order valence-corrected chi connectivity index (χ3v) is 6.08. The monoisotopic (exact) mass is 396 g/mol. The first-order chi connectivity index (χ1) is 14.1. The van der Waals surface area contributed by atoms with E-state index < -0.39 is 0 Å². The lowest BCUT2D eigenvalue weighted by Crippen LogP contribution is -2.37. The Morgan fingerprint density at radius 3 is 2.52 bits per heavy atom. The molecule has 4 rings (SSSR count). The Hall–Kier alpha value is -2.34. The van der Waals surface area contributed by atoms with Gasteiger partial charge >= 0.3 is 0 Å². The van der Waals surface area contributed by atoms with Gasteiger partial charge in [0.05, 0.1) is 17.3 Å². The summed E-state index contributed by atoms with van der Waals surface area (Å²) in [7, 11) is 0. The highest BCUT2D eigenvalue weighted by Gasteiger charge is 2.28. The van der Waals surface area contributed by atoms with Crippen LogP contribution in [0, 0.1) is 12.7 Å². The van der Waals surface area contributed by atoms with Crippen molar-refractivity contribution in [2.24, 2.45) is 0 Å². The lowest BCUT2D eigenvalue weighted by molar-refractivity contribution is 0.0722. The molecule has 0 aliphatic carbocycles. The van der Waals surface area contributed by atoms with Crippen LogP contribution in [-0.4, -0.2) is 45.3 Å². The summed E-state index contributed by atoms with van der Waals surface area (Å²) >= 11 is 0. The van der Waals surface area contributed by atoms with Crippen LogP contribution < -0.4 is 0 Å². The summed E-state index contributed by atoms with van der Waals surface area (Å²) in [5.74, 6) is 0.636. The second kappa shape index (κ2) is 8.99. The van der Waals surface area contributed by atoms with Crippen molar-refractivity contribution in [1.82, 2.24) is 19.8 Å². The quantitative estimate of drug-likeness (QED) is 0.774. The number of rotatable bonds is 4. The van der Waals surface area contributed by atoms with Crippen molar-refractivity contribution in [3.05, 3.63) is 58.9 Å². The number of likely N-dealkylation sites (tertiary alicyclic amines) is 2. The van der Waals surface area contributed by atoms with Gasteiger partial charge in [-0.15, -0.1) is 0 Å². The normalized spacial score (nSPS) is 20.6. The van der Waals surface area contributed by atoms with Gasteiger partial charge in [0.15, 0.2) is 0 Å². The molecule has 2 saturated heterocycles. The van der Waals surface area contributed by atoms with Crippen molar-refractivity contribution >= 4 is 5.91 Å². The summed E-state index contributed by atoms with van der Waals surface area (Å²) in [5.41, 5.74) is 2.47. The molecule has 1 aromatic heterocycles. The average Bonchev–Trinajstić information content (AvgIpc) is 2.76. The Bertz CT molecular complexity index is 848. The van der Waals surface area contributed by atoms with Crippen molar-refractivity contribution in [3.63, 3.8) is 0 Å². The minimum atomic E-state index is -0.211. The van der Waals surface area contributed by atoms with E-state index in [9.17, 15) is 9.18 Å². The highest BCUT2D eigenvalue weighted by molar-refractivity contribution is 5.95. The van der Waals surface area contributed by atoms with Crippen LogP contribution in [0.25, 0.3) is 0 Å². The van der Waals surface area contributed by atoms with Crippen LogP contribution in [0.15, 0.2) is 30.5 Å². The molecule has 2 aromatic rings. The maximum Gasteiger partial charge on any atom is 0.257 e. The first kappa shape index (κ1) is 20.0. The van der Waals surface area contributed by atoms with Gasteiger partial charge in [0.1, 0.15) is 11.6 Å². The lowest BCUT2D eigenvalue weighted by atomic mass is 10.00. The maximum absolute atomic E-state index is 13.2. The minimum absolute atomic E-state index is 0.0561. The molecule has 2 aliphatic rings. The molecule has 0 bridgehead atoms. The molecule has 154 valence electrons. The van der Waals surface area contributed by atoms with Gasteiger partial charge in [-0.2, -0.15) is 0 Å². The third-order valence-electron chi connectivity index (χ3n) is 6.08. The molecule has 0 radical (unpaired) electrons. The molecule has 0 spiro atoms. The highest BCUT2D eigenvalue weighted by atomic mass is 19.1. The number of hydrogen-bond acceptors (Lipinski definition) is 4. The number of halogens is 1. The molecule has 5 nitrogen and oxygen atoms in total. The SMILES string of the molecule is Cc1nc([C@@H]2CCCCN2Cc2ccc(F)cc2)ncc1C(=O)N1CCCCC1. The van der Waals surface area contributed by atoms with Crippen LogP contribution in [-0.2, 0) is 6.54 Å². The number of piperidine rings is 2. The van der Waals surface area contributed by atoms with Gasteiger partial charge in [-0.1, -0.05) is 18.6 Å². The number of hydrogen-bond donors (Lipinski definition) is 0. The van der Waals surface area contributed by atoms with E-state index in [-0.39, 0.29) is 17.8 Å². The minimum Gasteiger partial charge on any atom is -0.339 e. The fraction of sp³-hybridized carbons (Fsp3) is 0.522. The smallest absolute Gasteiger partial charge is 0.257 e. The maximum atomic E-state index is 13.2. The van der Waals surface area contributed by atoms with E-state index in [0.717, 1.165) is 75.4 Å². The first-order valence-electron chi connectivity index (χ1n) is 10.7. The Morgan fingerprint density at radius 1 is 1.07 bits per heavy atom. The Balaban J connectivity index is 1.51. The standard InChI is InChI=1S/C23H29FN4O/c1-17-20(23(29)27-12-4-2-5-13-27)15-25-22(26-17)21-7-3-6-14-28(21)16-18-8-10-19(24)11-9-18/h8-11,15,21H,2-7,12-14,16H2,1H3/t21-/m0/s1. The first-order valence-corrected chi connectivity index (χ1v) is 10.7.